The molecular weight excluding hydrogens is 354 g/mol. The lowest BCUT2D eigenvalue weighted by atomic mass is 9.97. The van der Waals surface area contributed by atoms with Crippen molar-refractivity contribution in [2.45, 2.75) is 52.0 Å². The Balaban J connectivity index is 1.46. The number of hydrogen-bond donors (Lipinski definition) is 0. The molecule has 0 amide bonds. The van der Waals surface area contributed by atoms with Crippen LogP contribution in [-0.2, 0) is 28.9 Å². The van der Waals surface area contributed by atoms with E-state index in [0.29, 0.717) is 29.8 Å². The van der Waals surface area contributed by atoms with Crippen LogP contribution in [0.3, 0.4) is 0 Å². The van der Waals surface area contributed by atoms with Crippen molar-refractivity contribution < 1.29 is 13.9 Å². The van der Waals surface area contributed by atoms with Crippen LogP contribution < -0.4 is 0 Å². The molecular formula is C19H24ClN3O3. The number of aryl methyl sites for hydroxylation is 2. The quantitative estimate of drug-likeness (QED) is 0.599. The van der Waals surface area contributed by atoms with Gasteiger partial charge in [0.15, 0.2) is 0 Å². The van der Waals surface area contributed by atoms with E-state index in [4.69, 9.17) is 20.8 Å². The number of ether oxygens (including phenoxy) is 1. The highest BCUT2D eigenvalue weighted by atomic mass is 35.5. The number of aromatic nitrogens is 2. The molecule has 1 saturated heterocycles. The topological polar surface area (TPSA) is 68.5 Å². The maximum Gasteiger partial charge on any atom is 0.309 e. The van der Waals surface area contributed by atoms with Crippen LogP contribution in [0.5, 0.6) is 0 Å². The monoisotopic (exact) mass is 377 g/mol. The van der Waals surface area contributed by atoms with Crippen LogP contribution in [0.25, 0.3) is 11.1 Å². The van der Waals surface area contributed by atoms with Crippen LogP contribution in [0, 0.1) is 5.92 Å². The normalized spacial score (nSPS) is 18.8. The summed E-state index contributed by atoms with van der Waals surface area (Å²) in [5.41, 5.74) is 1.81. The van der Waals surface area contributed by atoms with Gasteiger partial charge < -0.3 is 9.15 Å². The lowest BCUT2D eigenvalue weighted by molar-refractivity contribution is -0.149. The van der Waals surface area contributed by atoms with E-state index in [1.54, 1.807) is 0 Å². The second kappa shape index (κ2) is 7.53. The first-order chi connectivity index (χ1) is 12.7. The number of furan rings is 1. The average molecular weight is 378 g/mol. The average Bonchev–Trinajstić information content (AvgIpc) is 3.01. The Labute approximate surface area is 157 Å². The molecule has 3 heterocycles. The number of hydrogen-bond acceptors (Lipinski definition) is 6. The Hall–Kier alpha value is -1.66. The van der Waals surface area contributed by atoms with Gasteiger partial charge in [-0.3, -0.25) is 9.69 Å². The summed E-state index contributed by atoms with van der Waals surface area (Å²) in [6.45, 7) is 4.57. The Morgan fingerprint density at radius 1 is 1.27 bits per heavy atom. The Bertz CT molecular complexity index is 812. The number of piperidine rings is 1. The van der Waals surface area contributed by atoms with Crippen molar-refractivity contribution in [3.63, 3.8) is 0 Å². The molecule has 0 atom stereocenters. The van der Waals surface area contributed by atoms with Gasteiger partial charge in [-0.2, -0.15) is 4.98 Å². The summed E-state index contributed by atoms with van der Waals surface area (Å²) in [5, 5.41) is 1.39. The van der Waals surface area contributed by atoms with Gasteiger partial charge in [-0.05, 0) is 52.1 Å². The van der Waals surface area contributed by atoms with Crippen molar-refractivity contribution in [3.8, 4) is 0 Å². The molecule has 0 radical (unpaired) electrons. The molecule has 26 heavy (non-hydrogen) atoms. The molecule has 0 unspecified atom stereocenters. The number of likely N-dealkylation sites (tertiary alicyclic amines) is 1. The van der Waals surface area contributed by atoms with Crippen molar-refractivity contribution in [1.82, 2.24) is 14.9 Å². The van der Waals surface area contributed by atoms with E-state index in [1.807, 2.05) is 6.92 Å². The van der Waals surface area contributed by atoms with Gasteiger partial charge in [-0.1, -0.05) is 11.6 Å². The fourth-order valence-electron chi connectivity index (χ4n) is 4.01. The van der Waals surface area contributed by atoms with E-state index in [2.05, 4.69) is 14.9 Å². The summed E-state index contributed by atoms with van der Waals surface area (Å²) in [7, 11) is 0. The fraction of sp³-hybridized carbons (Fsp3) is 0.632. The molecule has 7 heteroatoms. The largest absolute Gasteiger partial charge is 0.466 e. The zero-order valence-electron chi connectivity index (χ0n) is 15.1. The van der Waals surface area contributed by atoms with Crippen LogP contribution in [0.15, 0.2) is 4.42 Å². The Morgan fingerprint density at radius 2 is 2.04 bits per heavy atom. The van der Waals surface area contributed by atoms with Crippen LogP contribution >= 0.6 is 11.6 Å². The minimum absolute atomic E-state index is 0.00925. The smallest absolute Gasteiger partial charge is 0.309 e. The molecule has 6 nitrogen and oxygen atoms in total. The maximum atomic E-state index is 11.9. The molecule has 0 spiro atoms. The van der Waals surface area contributed by atoms with E-state index >= 15 is 0 Å². The van der Waals surface area contributed by atoms with Crippen LogP contribution in [0.4, 0.5) is 0 Å². The van der Waals surface area contributed by atoms with Crippen molar-refractivity contribution >= 4 is 28.7 Å². The number of nitrogens with zero attached hydrogens (tertiary/aromatic N) is 3. The number of halogens is 1. The first-order valence-corrected chi connectivity index (χ1v) is 9.89. The summed E-state index contributed by atoms with van der Waals surface area (Å²) >= 11 is 6.47. The highest BCUT2D eigenvalue weighted by Gasteiger charge is 2.27. The van der Waals surface area contributed by atoms with E-state index < -0.39 is 0 Å². The third-order valence-corrected chi connectivity index (χ3v) is 5.66. The number of carbonyl (C=O) groups is 1. The van der Waals surface area contributed by atoms with Gasteiger partial charge in [-0.25, -0.2) is 4.98 Å². The number of esters is 1. The molecule has 2 aliphatic rings. The SMILES string of the molecule is CCOC(=O)C1CCN(Cc2nc(Cl)c3c4c(oc3n2)CCCC4)CC1. The molecule has 0 N–H and O–H groups in total. The first-order valence-electron chi connectivity index (χ1n) is 9.51. The molecule has 0 saturated carbocycles. The zero-order valence-corrected chi connectivity index (χ0v) is 15.8. The molecule has 1 aliphatic heterocycles. The summed E-state index contributed by atoms with van der Waals surface area (Å²) in [5.74, 6) is 1.64. The first kappa shape index (κ1) is 17.7. The molecule has 140 valence electrons. The van der Waals surface area contributed by atoms with E-state index in [1.165, 1.54) is 5.56 Å². The molecule has 1 fully saturated rings. The molecule has 0 bridgehead atoms. The standard InChI is InChI=1S/C19H24ClN3O3/c1-2-25-19(24)12-7-9-23(10-8-12)11-15-21-17(20)16-13-5-3-4-6-14(13)26-18(16)22-15/h12H,2-11H2,1H3. The van der Waals surface area contributed by atoms with Gasteiger partial charge in [0.2, 0.25) is 5.71 Å². The van der Waals surface area contributed by atoms with Crippen LogP contribution in [-0.4, -0.2) is 40.5 Å². The minimum Gasteiger partial charge on any atom is -0.466 e. The predicted molar refractivity (Wildman–Crippen MR) is 98.1 cm³/mol. The Morgan fingerprint density at radius 3 is 2.81 bits per heavy atom. The lowest BCUT2D eigenvalue weighted by Gasteiger charge is -2.30. The van der Waals surface area contributed by atoms with Crippen molar-refractivity contribution in [3.05, 3.63) is 22.3 Å². The maximum absolute atomic E-state index is 11.9. The van der Waals surface area contributed by atoms with Gasteiger partial charge in [0.1, 0.15) is 16.7 Å². The minimum atomic E-state index is -0.0750. The van der Waals surface area contributed by atoms with Crippen molar-refractivity contribution in [2.75, 3.05) is 19.7 Å². The summed E-state index contributed by atoms with van der Waals surface area (Å²) in [4.78, 5) is 23.3. The highest BCUT2D eigenvalue weighted by molar-refractivity contribution is 6.34. The summed E-state index contributed by atoms with van der Waals surface area (Å²) in [6.07, 6.45) is 5.88. The second-order valence-corrected chi connectivity index (χ2v) is 7.48. The van der Waals surface area contributed by atoms with Gasteiger partial charge in [0, 0.05) is 12.0 Å². The molecule has 4 rings (SSSR count). The highest BCUT2D eigenvalue weighted by Crippen LogP contribution is 2.34. The zero-order chi connectivity index (χ0) is 18.1. The number of rotatable bonds is 4. The molecule has 1 aliphatic carbocycles. The van der Waals surface area contributed by atoms with E-state index in [9.17, 15) is 4.79 Å². The third kappa shape index (κ3) is 3.45. The van der Waals surface area contributed by atoms with E-state index in [0.717, 1.165) is 62.8 Å². The predicted octanol–water partition coefficient (Wildman–Crippen LogP) is 3.53. The molecule has 2 aromatic heterocycles. The van der Waals surface area contributed by atoms with Crippen molar-refractivity contribution in [1.29, 1.82) is 0 Å². The fourth-order valence-corrected chi connectivity index (χ4v) is 4.30. The van der Waals surface area contributed by atoms with Crippen molar-refractivity contribution in [2.24, 2.45) is 5.92 Å². The molecule has 0 aromatic carbocycles. The molecule has 2 aromatic rings. The second-order valence-electron chi connectivity index (χ2n) is 7.12. The van der Waals surface area contributed by atoms with Crippen LogP contribution in [0.1, 0.15) is 49.8 Å². The third-order valence-electron chi connectivity index (χ3n) is 5.39. The Kier molecular flexibility index (Phi) is 5.14. The lowest BCUT2D eigenvalue weighted by Crippen LogP contribution is -2.36. The number of carbonyl (C=O) groups excluding carboxylic acids is 1. The van der Waals surface area contributed by atoms with E-state index in [-0.39, 0.29) is 11.9 Å². The van der Waals surface area contributed by atoms with Gasteiger partial charge in [-0.15, -0.1) is 0 Å². The van der Waals surface area contributed by atoms with Gasteiger partial charge >= 0.3 is 5.97 Å². The van der Waals surface area contributed by atoms with Crippen LogP contribution in [0.2, 0.25) is 5.15 Å². The number of fused-ring (bicyclic) bond motifs is 3. The van der Waals surface area contributed by atoms with Gasteiger partial charge in [0.05, 0.1) is 24.5 Å². The van der Waals surface area contributed by atoms with Gasteiger partial charge in [0.25, 0.3) is 0 Å². The summed E-state index contributed by atoms with van der Waals surface area (Å²) in [6, 6.07) is 0. The summed E-state index contributed by atoms with van der Waals surface area (Å²) < 4.78 is 11.1.